The van der Waals surface area contributed by atoms with Gasteiger partial charge >= 0.3 is 0 Å². The molecule has 1 aromatic heterocycles. The zero-order valence-electron chi connectivity index (χ0n) is 9.25. The zero-order chi connectivity index (χ0) is 12.7. The Kier molecular flexibility index (Phi) is 2.13. The van der Waals surface area contributed by atoms with Crippen LogP contribution < -0.4 is 0 Å². The number of benzene rings is 2. The number of nitrogens with zero attached hydrogens (tertiary/aromatic N) is 1. The second kappa shape index (κ2) is 3.66. The van der Waals surface area contributed by atoms with E-state index in [1.54, 1.807) is 24.3 Å². The molecule has 18 heavy (non-hydrogen) atoms. The third-order valence-corrected chi connectivity index (χ3v) is 2.71. The lowest BCUT2D eigenvalue weighted by Gasteiger charge is -1.99. The molecule has 0 unspecified atom stereocenters. The van der Waals surface area contributed by atoms with E-state index in [1.807, 2.05) is 0 Å². The minimum atomic E-state index is -0.198. The van der Waals surface area contributed by atoms with Gasteiger partial charge in [-0.05, 0) is 30.3 Å². The number of hydrogen-bond donors (Lipinski definition) is 4. The van der Waals surface area contributed by atoms with Gasteiger partial charge in [0, 0.05) is 11.6 Å². The van der Waals surface area contributed by atoms with Crippen LogP contribution >= 0.6 is 0 Å². The molecule has 5 nitrogen and oxygen atoms in total. The number of nitrogens with one attached hydrogen (secondary N) is 1. The van der Waals surface area contributed by atoms with Crippen LogP contribution in [0, 0.1) is 0 Å². The van der Waals surface area contributed by atoms with E-state index < -0.39 is 0 Å². The summed E-state index contributed by atoms with van der Waals surface area (Å²) in [6, 6.07) is 9.30. The molecule has 0 aliphatic carbocycles. The molecular weight excluding hydrogens is 232 g/mol. The molecule has 0 saturated heterocycles. The molecule has 2 aromatic carbocycles. The highest BCUT2D eigenvalue weighted by Crippen LogP contribution is 2.30. The Balaban J connectivity index is 2.16. The smallest absolute Gasteiger partial charge is 0.158 e. The van der Waals surface area contributed by atoms with Crippen molar-refractivity contribution in [3.63, 3.8) is 0 Å². The number of aromatic nitrogens is 2. The first kappa shape index (κ1) is 10.5. The van der Waals surface area contributed by atoms with Crippen LogP contribution in [0.5, 0.6) is 17.2 Å². The van der Waals surface area contributed by atoms with Crippen molar-refractivity contribution in [3.8, 4) is 28.6 Å². The number of H-pyrrole nitrogens is 1. The molecule has 5 heteroatoms. The molecule has 0 radical (unpaired) electrons. The van der Waals surface area contributed by atoms with Crippen molar-refractivity contribution in [2.45, 2.75) is 0 Å². The van der Waals surface area contributed by atoms with E-state index in [0.717, 1.165) is 5.52 Å². The summed E-state index contributed by atoms with van der Waals surface area (Å²) in [6.45, 7) is 0. The van der Waals surface area contributed by atoms with Crippen molar-refractivity contribution >= 4 is 11.0 Å². The van der Waals surface area contributed by atoms with Crippen LogP contribution in [-0.4, -0.2) is 25.3 Å². The van der Waals surface area contributed by atoms with Gasteiger partial charge in [-0.1, -0.05) is 0 Å². The van der Waals surface area contributed by atoms with Gasteiger partial charge < -0.3 is 20.3 Å². The fourth-order valence-corrected chi connectivity index (χ4v) is 1.81. The molecule has 3 aromatic rings. The number of aromatic amines is 1. The number of aromatic hydroxyl groups is 3. The Morgan fingerprint density at radius 3 is 2.50 bits per heavy atom. The predicted molar refractivity (Wildman–Crippen MR) is 66.5 cm³/mol. The van der Waals surface area contributed by atoms with Crippen LogP contribution in [0.25, 0.3) is 22.4 Å². The number of hydrogen-bond acceptors (Lipinski definition) is 4. The van der Waals surface area contributed by atoms with Gasteiger partial charge in [-0.25, -0.2) is 4.98 Å². The van der Waals surface area contributed by atoms with Gasteiger partial charge in [0.2, 0.25) is 0 Å². The lowest BCUT2D eigenvalue weighted by Crippen LogP contribution is -1.80. The van der Waals surface area contributed by atoms with Crippen LogP contribution in [0.4, 0.5) is 0 Å². The highest BCUT2D eigenvalue weighted by molar-refractivity contribution is 5.80. The van der Waals surface area contributed by atoms with Gasteiger partial charge in [-0.3, -0.25) is 0 Å². The van der Waals surface area contributed by atoms with Crippen molar-refractivity contribution in [1.29, 1.82) is 0 Å². The molecule has 0 amide bonds. The predicted octanol–water partition coefficient (Wildman–Crippen LogP) is 2.35. The van der Waals surface area contributed by atoms with E-state index in [9.17, 15) is 15.3 Å². The molecule has 4 N–H and O–H groups in total. The Morgan fingerprint density at radius 1 is 0.889 bits per heavy atom. The van der Waals surface area contributed by atoms with Gasteiger partial charge in [0.1, 0.15) is 11.6 Å². The van der Waals surface area contributed by atoms with Gasteiger partial charge in [0.05, 0.1) is 11.0 Å². The monoisotopic (exact) mass is 242 g/mol. The Morgan fingerprint density at radius 2 is 1.72 bits per heavy atom. The van der Waals surface area contributed by atoms with Crippen LogP contribution in [-0.2, 0) is 0 Å². The minimum absolute atomic E-state index is 0.159. The average molecular weight is 242 g/mol. The van der Waals surface area contributed by atoms with E-state index in [1.165, 1.54) is 12.1 Å². The summed E-state index contributed by atoms with van der Waals surface area (Å²) >= 11 is 0. The molecule has 0 aliphatic rings. The van der Waals surface area contributed by atoms with Crippen molar-refractivity contribution in [3.05, 3.63) is 36.4 Å². The number of phenolic OH excluding ortho intramolecular Hbond substituents is 3. The SMILES string of the molecule is Oc1ccc2nc(-c3ccc(O)c(O)c3)[nH]c2c1. The quantitative estimate of drug-likeness (QED) is 0.493. The normalized spacial score (nSPS) is 10.9. The lowest BCUT2D eigenvalue weighted by atomic mass is 10.2. The molecule has 90 valence electrons. The first-order chi connectivity index (χ1) is 8.63. The second-order valence-corrected chi connectivity index (χ2v) is 3.99. The number of imidazole rings is 1. The second-order valence-electron chi connectivity index (χ2n) is 3.99. The average Bonchev–Trinajstić information content (AvgIpc) is 2.75. The fourth-order valence-electron chi connectivity index (χ4n) is 1.81. The summed E-state index contributed by atoms with van der Waals surface area (Å²) in [5.41, 5.74) is 2.08. The number of rotatable bonds is 1. The Bertz CT molecular complexity index is 734. The summed E-state index contributed by atoms with van der Waals surface area (Å²) in [7, 11) is 0. The third-order valence-electron chi connectivity index (χ3n) is 2.71. The molecule has 1 heterocycles. The van der Waals surface area contributed by atoms with Gasteiger partial charge in [0.25, 0.3) is 0 Å². The van der Waals surface area contributed by atoms with E-state index in [-0.39, 0.29) is 17.2 Å². The van der Waals surface area contributed by atoms with Crippen LogP contribution in [0.1, 0.15) is 0 Å². The molecule has 0 spiro atoms. The van der Waals surface area contributed by atoms with Crippen molar-refractivity contribution in [2.75, 3.05) is 0 Å². The maximum atomic E-state index is 9.45. The highest BCUT2D eigenvalue weighted by atomic mass is 16.3. The summed E-state index contributed by atoms with van der Waals surface area (Å²) in [5, 5.41) is 28.1. The van der Waals surface area contributed by atoms with Crippen LogP contribution in [0.2, 0.25) is 0 Å². The van der Waals surface area contributed by atoms with E-state index in [2.05, 4.69) is 9.97 Å². The van der Waals surface area contributed by atoms with Crippen molar-refractivity contribution < 1.29 is 15.3 Å². The molecule has 0 atom stereocenters. The maximum Gasteiger partial charge on any atom is 0.158 e. The summed E-state index contributed by atoms with van der Waals surface area (Å²) in [5.74, 6) is 0.348. The van der Waals surface area contributed by atoms with Crippen molar-refractivity contribution in [1.82, 2.24) is 9.97 Å². The molecule has 0 fully saturated rings. The highest BCUT2D eigenvalue weighted by Gasteiger charge is 2.08. The molecule has 0 aliphatic heterocycles. The zero-order valence-corrected chi connectivity index (χ0v) is 9.25. The van der Waals surface area contributed by atoms with E-state index in [4.69, 9.17) is 0 Å². The maximum absolute atomic E-state index is 9.45. The summed E-state index contributed by atoms with van der Waals surface area (Å²) < 4.78 is 0. The number of fused-ring (bicyclic) bond motifs is 1. The molecule has 0 bridgehead atoms. The van der Waals surface area contributed by atoms with E-state index >= 15 is 0 Å². The Hall–Kier alpha value is -2.69. The largest absolute Gasteiger partial charge is 0.508 e. The van der Waals surface area contributed by atoms with Crippen LogP contribution in [0.15, 0.2) is 36.4 Å². The Labute approximate surface area is 102 Å². The fraction of sp³-hybridized carbons (Fsp3) is 0. The van der Waals surface area contributed by atoms with E-state index in [0.29, 0.717) is 16.9 Å². The number of phenols is 3. The third kappa shape index (κ3) is 1.62. The first-order valence-corrected chi connectivity index (χ1v) is 5.34. The molecule has 3 rings (SSSR count). The first-order valence-electron chi connectivity index (χ1n) is 5.34. The molecule has 0 saturated carbocycles. The van der Waals surface area contributed by atoms with Crippen LogP contribution in [0.3, 0.4) is 0 Å². The minimum Gasteiger partial charge on any atom is -0.508 e. The lowest BCUT2D eigenvalue weighted by molar-refractivity contribution is 0.404. The summed E-state index contributed by atoms with van der Waals surface area (Å²) in [6.07, 6.45) is 0. The topological polar surface area (TPSA) is 89.4 Å². The standard InChI is InChI=1S/C13H10N2O3/c16-8-2-3-9-10(6-8)15-13(14-9)7-1-4-11(17)12(18)5-7/h1-6,16-18H,(H,14,15). The van der Waals surface area contributed by atoms with Gasteiger partial charge in [-0.15, -0.1) is 0 Å². The van der Waals surface area contributed by atoms with Gasteiger partial charge in [0.15, 0.2) is 11.5 Å². The summed E-state index contributed by atoms with van der Waals surface area (Å²) in [4.78, 5) is 7.37. The van der Waals surface area contributed by atoms with Crippen molar-refractivity contribution in [2.24, 2.45) is 0 Å². The molecular formula is C13H10N2O3. The van der Waals surface area contributed by atoms with Gasteiger partial charge in [-0.2, -0.15) is 0 Å².